The number of hydrogen-bond donors (Lipinski definition) is 2. The maximum absolute atomic E-state index is 14.3. The Balaban J connectivity index is 1.38. The average molecular weight is 655 g/mol. The van der Waals surface area contributed by atoms with Gasteiger partial charge in [-0.2, -0.15) is 9.57 Å². The molecule has 248 valence electrons. The average Bonchev–Trinajstić information content (AvgIpc) is 3.66. The second-order valence-electron chi connectivity index (χ2n) is 13.0. The number of amides is 1. The van der Waals surface area contributed by atoms with E-state index in [4.69, 9.17) is 18.9 Å². The Morgan fingerprint density at radius 3 is 2.70 bits per heavy atom. The number of aliphatic hydroxyl groups excluding tert-OH is 1. The molecule has 3 heterocycles. The fourth-order valence-electron chi connectivity index (χ4n) is 6.00. The summed E-state index contributed by atoms with van der Waals surface area (Å²) < 4.78 is 52.1. The molecule has 14 heteroatoms. The minimum absolute atomic E-state index is 0.0465. The summed E-state index contributed by atoms with van der Waals surface area (Å²) in [7, 11) is -2.39. The van der Waals surface area contributed by atoms with Crippen molar-refractivity contribution in [2.24, 2.45) is 11.3 Å². The molecule has 4 unspecified atom stereocenters. The van der Waals surface area contributed by atoms with Crippen molar-refractivity contribution in [2.75, 3.05) is 44.7 Å². The molecular formula is C32H43BN4O8S. The van der Waals surface area contributed by atoms with Gasteiger partial charge in [-0.25, -0.2) is 13.2 Å². The van der Waals surface area contributed by atoms with Gasteiger partial charge in [0.05, 0.1) is 48.7 Å². The summed E-state index contributed by atoms with van der Waals surface area (Å²) in [5.74, 6) is -0.0548. The Kier molecular flexibility index (Phi) is 10.9. The number of anilines is 1. The highest BCUT2D eigenvalue weighted by atomic mass is 32.2. The second kappa shape index (κ2) is 14.7. The van der Waals surface area contributed by atoms with E-state index < -0.39 is 39.8 Å². The van der Waals surface area contributed by atoms with Crippen LogP contribution in [-0.4, -0.2) is 95.4 Å². The number of nitriles is 1. The number of alkyl carbamates (subject to hydrolysis) is 1. The predicted molar refractivity (Wildman–Crippen MR) is 171 cm³/mol. The molecule has 46 heavy (non-hydrogen) atoms. The lowest BCUT2D eigenvalue weighted by molar-refractivity contribution is -0.0907. The zero-order valence-corrected chi connectivity index (χ0v) is 27.4. The van der Waals surface area contributed by atoms with Crippen molar-refractivity contribution in [3.8, 4) is 6.07 Å². The summed E-state index contributed by atoms with van der Waals surface area (Å²) >= 11 is 0. The van der Waals surface area contributed by atoms with Crippen molar-refractivity contribution in [1.29, 1.82) is 5.26 Å². The fourth-order valence-corrected chi connectivity index (χ4v) is 7.69. The molecule has 3 aliphatic heterocycles. The van der Waals surface area contributed by atoms with Gasteiger partial charge in [0.2, 0.25) is 10.0 Å². The number of carbonyl (C=O) groups excluding carboxylic acids is 1. The highest BCUT2D eigenvalue weighted by molar-refractivity contribution is 7.89. The van der Waals surface area contributed by atoms with Gasteiger partial charge in [-0.3, -0.25) is 0 Å². The minimum Gasteiger partial charge on any atom is -0.443 e. The SMILES string of the molecule is CN(B1CO1)c1cccc(S(=O)(=O)N(CC(O)[C@H](Cc2ccccc2)NC(=O)OC2COC3OCCC23)CC(C)(C)CCC#N)c1. The van der Waals surface area contributed by atoms with E-state index in [1.807, 2.05) is 62.1 Å². The molecular weight excluding hydrogens is 611 g/mol. The summed E-state index contributed by atoms with van der Waals surface area (Å²) in [4.78, 5) is 15.1. The first-order chi connectivity index (χ1) is 22.0. The Morgan fingerprint density at radius 2 is 1.98 bits per heavy atom. The molecule has 2 N–H and O–H groups in total. The number of carbonyl (C=O) groups is 1. The molecule has 5 rings (SSSR count). The number of nitrogens with one attached hydrogen (secondary N) is 1. The van der Waals surface area contributed by atoms with Crippen molar-refractivity contribution in [2.45, 2.75) is 69.0 Å². The van der Waals surface area contributed by atoms with Crippen LogP contribution in [0.2, 0.25) is 0 Å². The number of ether oxygens (including phenoxy) is 3. The Hall–Kier alpha value is -3.19. The van der Waals surface area contributed by atoms with Crippen molar-refractivity contribution in [3.63, 3.8) is 0 Å². The van der Waals surface area contributed by atoms with E-state index in [0.29, 0.717) is 25.2 Å². The third-order valence-electron chi connectivity index (χ3n) is 8.83. The lowest BCUT2D eigenvalue weighted by Gasteiger charge is -2.35. The Bertz CT molecular complexity index is 1490. The van der Waals surface area contributed by atoms with Gasteiger partial charge in [0.25, 0.3) is 0 Å². The van der Waals surface area contributed by atoms with Crippen molar-refractivity contribution in [3.05, 3.63) is 60.2 Å². The third kappa shape index (κ3) is 8.58. The van der Waals surface area contributed by atoms with Crippen LogP contribution >= 0.6 is 0 Å². The van der Waals surface area contributed by atoms with Gasteiger partial charge in [0, 0.05) is 25.2 Å². The van der Waals surface area contributed by atoms with Crippen LogP contribution in [0, 0.1) is 22.7 Å². The van der Waals surface area contributed by atoms with E-state index in [1.165, 1.54) is 10.4 Å². The highest BCUT2D eigenvalue weighted by Crippen LogP contribution is 2.33. The number of rotatable bonds is 15. The Labute approximate surface area is 271 Å². The van der Waals surface area contributed by atoms with Crippen LogP contribution in [0.25, 0.3) is 0 Å². The third-order valence-corrected chi connectivity index (χ3v) is 10.6. The van der Waals surface area contributed by atoms with Crippen LogP contribution in [0.15, 0.2) is 59.5 Å². The first-order valence-corrected chi connectivity index (χ1v) is 17.1. The molecule has 1 amide bonds. The second-order valence-corrected chi connectivity index (χ2v) is 14.9. The summed E-state index contributed by atoms with van der Waals surface area (Å²) in [6.45, 7) is 4.87. The van der Waals surface area contributed by atoms with Crippen molar-refractivity contribution in [1.82, 2.24) is 9.62 Å². The summed E-state index contributed by atoms with van der Waals surface area (Å²) in [5, 5.41) is 23.8. The van der Waals surface area contributed by atoms with Crippen molar-refractivity contribution < 1.29 is 37.2 Å². The number of fused-ring (bicyclic) bond motifs is 1. The van der Waals surface area contributed by atoms with Gasteiger partial charge >= 0.3 is 13.1 Å². The van der Waals surface area contributed by atoms with Crippen LogP contribution in [0.1, 0.15) is 38.7 Å². The summed E-state index contributed by atoms with van der Waals surface area (Å²) in [6, 6.07) is 17.2. The van der Waals surface area contributed by atoms with E-state index in [-0.39, 0.29) is 56.7 Å². The quantitative estimate of drug-likeness (QED) is 0.217. The Morgan fingerprint density at radius 1 is 1.22 bits per heavy atom. The normalized spacial score (nSPS) is 22.2. The van der Waals surface area contributed by atoms with E-state index in [9.17, 15) is 23.6 Å². The molecule has 3 fully saturated rings. The van der Waals surface area contributed by atoms with Gasteiger partial charge < -0.3 is 34.1 Å². The lowest BCUT2D eigenvalue weighted by Crippen LogP contribution is -2.52. The number of nitrogens with zero attached hydrogens (tertiary/aromatic N) is 3. The highest BCUT2D eigenvalue weighted by Gasteiger charge is 2.44. The summed E-state index contributed by atoms with van der Waals surface area (Å²) in [5.41, 5.74) is 0.953. The first-order valence-electron chi connectivity index (χ1n) is 15.7. The molecule has 0 aliphatic carbocycles. The molecule has 0 radical (unpaired) electrons. The molecule has 0 spiro atoms. The molecule has 12 nitrogen and oxygen atoms in total. The monoisotopic (exact) mass is 654 g/mol. The number of benzene rings is 2. The van der Waals surface area contributed by atoms with Gasteiger partial charge in [-0.1, -0.05) is 50.2 Å². The van der Waals surface area contributed by atoms with Crippen LogP contribution in [0.5, 0.6) is 0 Å². The number of aliphatic hydroxyl groups is 1. The van der Waals surface area contributed by atoms with Crippen LogP contribution in [0.4, 0.5) is 10.5 Å². The van der Waals surface area contributed by atoms with Crippen molar-refractivity contribution >= 4 is 28.9 Å². The zero-order chi connectivity index (χ0) is 32.9. The molecule has 2 aromatic carbocycles. The zero-order valence-electron chi connectivity index (χ0n) is 26.6. The molecule has 3 saturated heterocycles. The fraction of sp³-hybridized carbons (Fsp3) is 0.562. The molecule has 2 aromatic rings. The van der Waals surface area contributed by atoms with Crippen LogP contribution in [0.3, 0.4) is 0 Å². The maximum atomic E-state index is 14.3. The van der Waals surface area contributed by atoms with Crippen LogP contribution in [-0.2, 0) is 35.3 Å². The first kappa shape index (κ1) is 34.2. The largest absolute Gasteiger partial charge is 0.443 e. The molecule has 0 saturated carbocycles. The smallest absolute Gasteiger partial charge is 0.440 e. The van der Waals surface area contributed by atoms with Crippen LogP contribution < -0.4 is 10.1 Å². The van der Waals surface area contributed by atoms with E-state index in [1.54, 1.807) is 12.1 Å². The topological polar surface area (TPSA) is 154 Å². The van der Waals surface area contributed by atoms with E-state index >= 15 is 0 Å². The van der Waals surface area contributed by atoms with E-state index in [2.05, 4.69) is 11.4 Å². The predicted octanol–water partition coefficient (Wildman–Crippen LogP) is 2.96. The molecule has 5 atom stereocenters. The van der Waals surface area contributed by atoms with Gasteiger partial charge in [0.1, 0.15) is 6.10 Å². The molecule has 3 aliphatic rings. The minimum atomic E-state index is -4.13. The lowest BCUT2D eigenvalue weighted by atomic mass is 9.88. The number of hydrogen-bond acceptors (Lipinski definition) is 10. The van der Waals surface area contributed by atoms with Gasteiger partial charge in [0.15, 0.2) is 6.29 Å². The molecule has 0 aromatic heterocycles. The number of sulfonamides is 1. The molecule has 0 bridgehead atoms. The maximum Gasteiger partial charge on any atom is 0.440 e. The van der Waals surface area contributed by atoms with Gasteiger partial charge in [-0.05, 0) is 55.5 Å². The van der Waals surface area contributed by atoms with Gasteiger partial charge in [-0.15, -0.1) is 0 Å². The summed E-state index contributed by atoms with van der Waals surface area (Å²) in [6.07, 6.45) is -1.22. The van der Waals surface area contributed by atoms with E-state index in [0.717, 1.165) is 12.0 Å². The standard InChI is InChI=1S/C32H43BN4O8S/c1-32(2,14-8-15-34)21-37(46(40,41)25-12-7-11-24(18-25)36(3)33-22-44-33)19-28(38)27(17-23-9-5-4-6-10-23)35-31(39)45-29-20-43-30-26(29)13-16-42-30/h4-7,9-12,18,26-30,38H,8,13-14,16-17,19-22H2,1-3H3,(H,35,39)/t26?,27-,28?,29?,30?/m0/s1.